The number of rotatable bonds is 5. The molecule has 0 radical (unpaired) electrons. The zero-order valence-corrected chi connectivity index (χ0v) is 16.0. The van der Waals surface area contributed by atoms with Crippen molar-refractivity contribution in [3.05, 3.63) is 41.3 Å². The molecule has 1 N–H and O–H groups in total. The van der Waals surface area contributed by atoms with E-state index in [4.69, 9.17) is 4.74 Å². The number of anilines is 1. The van der Waals surface area contributed by atoms with Gasteiger partial charge in [-0.1, -0.05) is 11.3 Å². The molecule has 0 bridgehead atoms. The van der Waals surface area contributed by atoms with Crippen LogP contribution >= 0.6 is 11.3 Å². The van der Waals surface area contributed by atoms with Gasteiger partial charge in [0.25, 0.3) is 0 Å². The minimum Gasteiger partial charge on any atom is -0.497 e. The van der Waals surface area contributed by atoms with Crippen molar-refractivity contribution in [1.29, 1.82) is 0 Å². The van der Waals surface area contributed by atoms with Crippen LogP contribution in [0.4, 0.5) is 5.13 Å². The van der Waals surface area contributed by atoms with Gasteiger partial charge in [-0.25, -0.2) is 9.50 Å². The number of methoxy groups -OCH3 is 1. The van der Waals surface area contributed by atoms with E-state index in [0.717, 1.165) is 38.4 Å². The molecule has 9 heteroatoms. The summed E-state index contributed by atoms with van der Waals surface area (Å²) in [5.41, 5.74) is 4.46. The number of benzene rings is 1. The summed E-state index contributed by atoms with van der Waals surface area (Å²) in [5, 5.41) is 15.9. The van der Waals surface area contributed by atoms with Gasteiger partial charge in [-0.05, 0) is 44.0 Å². The molecule has 3 heterocycles. The molecule has 0 atom stereocenters. The number of hydrogen-bond donors (Lipinski definition) is 1. The van der Waals surface area contributed by atoms with Crippen molar-refractivity contribution in [2.24, 2.45) is 0 Å². The fourth-order valence-electron chi connectivity index (χ4n) is 3.05. The molecule has 4 rings (SSSR count). The maximum absolute atomic E-state index is 12.4. The molecule has 8 nitrogen and oxygen atoms in total. The van der Waals surface area contributed by atoms with Crippen LogP contribution in [0.25, 0.3) is 15.9 Å². The average molecular weight is 382 g/mol. The molecule has 138 valence electrons. The van der Waals surface area contributed by atoms with Crippen LogP contribution in [0.1, 0.15) is 23.2 Å². The molecule has 1 aromatic carbocycles. The van der Waals surface area contributed by atoms with Crippen molar-refractivity contribution in [3.63, 3.8) is 0 Å². The monoisotopic (exact) mass is 382 g/mol. The smallest absolute Gasteiger partial charge is 0.226 e. The third kappa shape index (κ3) is 3.33. The summed E-state index contributed by atoms with van der Waals surface area (Å²) >= 11 is 1.43. The van der Waals surface area contributed by atoms with Crippen LogP contribution in [-0.2, 0) is 11.2 Å². The summed E-state index contributed by atoms with van der Waals surface area (Å²) in [4.78, 5) is 16.8. The first kappa shape index (κ1) is 17.3. The van der Waals surface area contributed by atoms with Gasteiger partial charge in [-0.2, -0.15) is 5.10 Å². The number of carbonyl (C=O) groups is 1. The van der Waals surface area contributed by atoms with E-state index < -0.39 is 0 Å². The summed E-state index contributed by atoms with van der Waals surface area (Å²) in [6, 6.07) is 5.65. The lowest BCUT2D eigenvalue weighted by Gasteiger charge is -2.09. The average Bonchev–Trinajstić information content (AvgIpc) is 3.26. The molecule has 1 amide bonds. The van der Waals surface area contributed by atoms with Gasteiger partial charge < -0.3 is 10.1 Å². The Morgan fingerprint density at radius 2 is 2.19 bits per heavy atom. The number of hydrogen-bond acceptors (Lipinski definition) is 7. The molecule has 0 saturated carbocycles. The Bertz CT molecular complexity index is 1150. The van der Waals surface area contributed by atoms with E-state index >= 15 is 0 Å². The SMILES string of the molecule is COc1ccc2nc(NC(=O)CCc3c(C)nn4cnnc4c3C)sc2c1. The molecule has 0 aliphatic carbocycles. The normalized spacial score (nSPS) is 11.2. The van der Waals surface area contributed by atoms with E-state index in [9.17, 15) is 4.79 Å². The first-order valence-electron chi connectivity index (χ1n) is 8.45. The van der Waals surface area contributed by atoms with Gasteiger partial charge in [-0.15, -0.1) is 10.2 Å². The highest BCUT2D eigenvalue weighted by Crippen LogP contribution is 2.29. The van der Waals surface area contributed by atoms with E-state index in [1.807, 2.05) is 32.0 Å². The molecule has 3 aromatic heterocycles. The lowest BCUT2D eigenvalue weighted by Crippen LogP contribution is -2.13. The number of amides is 1. The second kappa shape index (κ2) is 6.92. The minimum atomic E-state index is -0.0823. The number of fused-ring (bicyclic) bond motifs is 2. The molecule has 27 heavy (non-hydrogen) atoms. The first-order chi connectivity index (χ1) is 13.0. The molecular weight excluding hydrogens is 364 g/mol. The van der Waals surface area contributed by atoms with Gasteiger partial charge in [-0.3, -0.25) is 4.79 Å². The van der Waals surface area contributed by atoms with Gasteiger partial charge in [0.1, 0.15) is 12.1 Å². The molecule has 0 aliphatic heterocycles. The second-order valence-corrected chi connectivity index (χ2v) is 7.22. The van der Waals surface area contributed by atoms with Crippen molar-refractivity contribution in [1.82, 2.24) is 24.8 Å². The maximum Gasteiger partial charge on any atom is 0.226 e. The highest BCUT2D eigenvalue weighted by atomic mass is 32.1. The van der Waals surface area contributed by atoms with Crippen LogP contribution in [-0.4, -0.2) is 37.8 Å². The summed E-state index contributed by atoms with van der Waals surface area (Å²) in [6.45, 7) is 3.91. The Labute approximate surface area is 159 Å². The standard InChI is InChI=1S/C18H18N6O2S/c1-10-13(11(2)23-24-9-19-22-17(10)24)5-7-16(25)21-18-20-14-6-4-12(26-3)8-15(14)27-18/h4,6,8-9H,5,7H2,1-3H3,(H,20,21,25). The molecule has 0 unspecified atom stereocenters. The lowest BCUT2D eigenvalue weighted by atomic mass is 10.0. The van der Waals surface area contributed by atoms with Crippen LogP contribution in [0, 0.1) is 13.8 Å². The van der Waals surface area contributed by atoms with Crippen LogP contribution in [0.5, 0.6) is 5.75 Å². The maximum atomic E-state index is 12.4. The largest absolute Gasteiger partial charge is 0.497 e. The Balaban J connectivity index is 1.47. The van der Waals surface area contributed by atoms with Crippen molar-refractivity contribution in [2.45, 2.75) is 26.7 Å². The van der Waals surface area contributed by atoms with E-state index in [1.165, 1.54) is 11.3 Å². The lowest BCUT2D eigenvalue weighted by molar-refractivity contribution is -0.116. The Kier molecular flexibility index (Phi) is 4.44. The number of thiazole rings is 1. The van der Waals surface area contributed by atoms with Crippen molar-refractivity contribution in [3.8, 4) is 5.75 Å². The number of carbonyl (C=O) groups excluding carboxylic acids is 1. The van der Waals surface area contributed by atoms with Crippen molar-refractivity contribution < 1.29 is 9.53 Å². The Morgan fingerprint density at radius 1 is 1.33 bits per heavy atom. The van der Waals surface area contributed by atoms with E-state index in [1.54, 1.807) is 18.0 Å². The molecular formula is C18H18N6O2S. The summed E-state index contributed by atoms with van der Waals surface area (Å²) in [6.07, 6.45) is 2.50. The highest BCUT2D eigenvalue weighted by molar-refractivity contribution is 7.22. The number of aromatic nitrogens is 5. The minimum absolute atomic E-state index is 0.0823. The zero-order chi connectivity index (χ0) is 19.0. The van der Waals surface area contributed by atoms with Gasteiger partial charge in [0.2, 0.25) is 5.91 Å². The molecule has 4 aromatic rings. The van der Waals surface area contributed by atoms with Gasteiger partial charge in [0.05, 0.1) is 23.0 Å². The van der Waals surface area contributed by atoms with Gasteiger partial charge in [0.15, 0.2) is 10.8 Å². The summed E-state index contributed by atoms with van der Waals surface area (Å²) in [5.74, 6) is 0.688. The van der Waals surface area contributed by atoms with Crippen LogP contribution < -0.4 is 10.1 Å². The van der Waals surface area contributed by atoms with E-state index in [2.05, 4.69) is 25.6 Å². The molecule has 0 fully saturated rings. The number of nitrogens with zero attached hydrogens (tertiary/aromatic N) is 5. The van der Waals surface area contributed by atoms with Gasteiger partial charge >= 0.3 is 0 Å². The van der Waals surface area contributed by atoms with Crippen molar-refractivity contribution >= 4 is 38.2 Å². The quantitative estimate of drug-likeness (QED) is 0.570. The molecule has 0 saturated heterocycles. The van der Waals surface area contributed by atoms with Crippen LogP contribution in [0.3, 0.4) is 0 Å². The number of aryl methyl sites for hydroxylation is 2. The summed E-state index contributed by atoms with van der Waals surface area (Å²) < 4.78 is 7.85. The Morgan fingerprint density at radius 3 is 3.00 bits per heavy atom. The summed E-state index contributed by atoms with van der Waals surface area (Å²) in [7, 11) is 1.63. The molecule has 0 spiro atoms. The zero-order valence-electron chi connectivity index (χ0n) is 15.2. The van der Waals surface area contributed by atoms with Gasteiger partial charge in [0, 0.05) is 12.0 Å². The fourth-order valence-corrected chi connectivity index (χ4v) is 3.96. The third-order valence-corrected chi connectivity index (χ3v) is 5.39. The van der Waals surface area contributed by atoms with Crippen molar-refractivity contribution in [2.75, 3.05) is 12.4 Å². The van der Waals surface area contributed by atoms with E-state index in [-0.39, 0.29) is 5.91 Å². The van der Waals surface area contributed by atoms with Crippen LogP contribution in [0.15, 0.2) is 24.5 Å². The second-order valence-electron chi connectivity index (χ2n) is 6.19. The van der Waals surface area contributed by atoms with Crippen LogP contribution in [0.2, 0.25) is 0 Å². The first-order valence-corrected chi connectivity index (χ1v) is 9.27. The predicted octanol–water partition coefficient (Wildman–Crippen LogP) is 2.93. The number of ether oxygens (including phenoxy) is 1. The number of nitrogens with one attached hydrogen (secondary N) is 1. The Hall–Kier alpha value is -3.07. The topological polar surface area (TPSA) is 94.3 Å². The predicted molar refractivity (Wildman–Crippen MR) is 103 cm³/mol. The highest BCUT2D eigenvalue weighted by Gasteiger charge is 2.14. The third-order valence-electron chi connectivity index (χ3n) is 4.46. The fraction of sp³-hybridized carbons (Fsp3) is 0.278. The van der Waals surface area contributed by atoms with E-state index in [0.29, 0.717) is 18.0 Å². The molecule has 0 aliphatic rings.